The van der Waals surface area contributed by atoms with Gasteiger partial charge in [0.15, 0.2) is 0 Å². The van der Waals surface area contributed by atoms with Gasteiger partial charge in [-0.25, -0.2) is 9.97 Å². The van der Waals surface area contributed by atoms with Crippen LogP contribution >= 0.6 is 0 Å². The summed E-state index contributed by atoms with van der Waals surface area (Å²) in [5.41, 5.74) is 3.85. The number of aryl methyl sites for hydroxylation is 1. The van der Waals surface area contributed by atoms with E-state index in [4.69, 9.17) is 0 Å². The monoisotopic (exact) mass is 387 g/mol. The normalized spacial score (nSPS) is 14.6. The zero-order valence-electron chi connectivity index (χ0n) is 16.6. The topological polar surface area (TPSA) is 61.4 Å². The Morgan fingerprint density at radius 2 is 1.69 bits per heavy atom. The van der Waals surface area contributed by atoms with Crippen LogP contribution in [0.1, 0.15) is 21.6 Å². The molecule has 1 fully saturated rings. The maximum atomic E-state index is 12.9. The number of nitrogens with zero attached hydrogens (tertiary/aromatic N) is 4. The molecular weight excluding hydrogens is 362 g/mol. The molecule has 1 aromatic heterocycles. The first-order valence-corrected chi connectivity index (χ1v) is 9.89. The van der Waals surface area contributed by atoms with Crippen LogP contribution in [0, 0.1) is 6.92 Å². The highest BCUT2D eigenvalue weighted by Crippen LogP contribution is 2.17. The number of nitrogens with one attached hydrogen (secondary N) is 1. The van der Waals surface area contributed by atoms with Crippen LogP contribution in [0.25, 0.3) is 0 Å². The summed E-state index contributed by atoms with van der Waals surface area (Å²) in [7, 11) is 0. The van der Waals surface area contributed by atoms with Gasteiger partial charge in [0.05, 0.1) is 0 Å². The van der Waals surface area contributed by atoms with Crippen LogP contribution in [0.5, 0.6) is 0 Å². The van der Waals surface area contributed by atoms with Crippen molar-refractivity contribution in [2.24, 2.45) is 0 Å². The number of carbonyl (C=O) groups is 1. The van der Waals surface area contributed by atoms with Crippen LogP contribution in [0.3, 0.4) is 0 Å². The van der Waals surface area contributed by atoms with E-state index < -0.39 is 0 Å². The van der Waals surface area contributed by atoms with Crippen molar-refractivity contribution in [3.05, 3.63) is 83.8 Å². The van der Waals surface area contributed by atoms with Crippen molar-refractivity contribution in [3.8, 4) is 0 Å². The second-order valence-electron chi connectivity index (χ2n) is 7.33. The third-order valence-corrected chi connectivity index (χ3v) is 5.12. The molecule has 1 amide bonds. The van der Waals surface area contributed by atoms with Gasteiger partial charge >= 0.3 is 0 Å². The van der Waals surface area contributed by atoms with Crippen LogP contribution < -0.4 is 5.32 Å². The first-order valence-electron chi connectivity index (χ1n) is 9.89. The van der Waals surface area contributed by atoms with Crippen LogP contribution in [0.4, 0.5) is 11.5 Å². The molecule has 148 valence electrons. The number of carbonyl (C=O) groups excluding carboxylic acids is 1. The summed E-state index contributed by atoms with van der Waals surface area (Å²) in [4.78, 5) is 25.6. The molecule has 0 atom stereocenters. The van der Waals surface area contributed by atoms with E-state index in [1.54, 1.807) is 6.07 Å². The molecule has 6 heteroatoms. The minimum atomic E-state index is -0.0429. The lowest BCUT2D eigenvalue weighted by atomic mass is 10.2. The zero-order chi connectivity index (χ0) is 20.1. The summed E-state index contributed by atoms with van der Waals surface area (Å²) in [6.07, 6.45) is 1.44. The summed E-state index contributed by atoms with van der Waals surface area (Å²) in [6.45, 7) is 6.10. The molecule has 1 aliphatic heterocycles. The predicted molar refractivity (Wildman–Crippen MR) is 114 cm³/mol. The molecule has 0 radical (unpaired) electrons. The van der Waals surface area contributed by atoms with Crippen molar-refractivity contribution in [2.75, 3.05) is 31.5 Å². The van der Waals surface area contributed by atoms with Crippen molar-refractivity contribution in [3.63, 3.8) is 0 Å². The van der Waals surface area contributed by atoms with E-state index >= 15 is 0 Å². The average Bonchev–Trinajstić information content (AvgIpc) is 2.76. The molecule has 1 N–H and O–H groups in total. The number of benzene rings is 2. The Labute approximate surface area is 171 Å². The van der Waals surface area contributed by atoms with Crippen LogP contribution in [-0.4, -0.2) is 51.9 Å². The fourth-order valence-electron chi connectivity index (χ4n) is 3.44. The summed E-state index contributed by atoms with van der Waals surface area (Å²) in [5, 5.41) is 3.23. The van der Waals surface area contributed by atoms with Crippen molar-refractivity contribution in [1.29, 1.82) is 0 Å². The molecule has 0 saturated carbocycles. The lowest BCUT2D eigenvalue weighted by Crippen LogP contribution is -2.48. The summed E-state index contributed by atoms with van der Waals surface area (Å²) < 4.78 is 0. The van der Waals surface area contributed by atoms with Gasteiger partial charge in [-0.1, -0.05) is 48.0 Å². The summed E-state index contributed by atoms with van der Waals surface area (Å²) >= 11 is 0. The van der Waals surface area contributed by atoms with E-state index in [0.29, 0.717) is 24.6 Å². The molecule has 1 aliphatic rings. The minimum absolute atomic E-state index is 0.0429. The molecule has 2 heterocycles. The molecular formula is C23H25N5O. The molecule has 1 saturated heterocycles. The molecule has 2 aromatic carbocycles. The molecule has 0 unspecified atom stereocenters. The van der Waals surface area contributed by atoms with Gasteiger partial charge in [-0.3, -0.25) is 9.69 Å². The first-order chi connectivity index (χ1) is 14.2. The van der Waals surface area contributed by atoms with Gasteiger partial charge in [0.25, 0.3) is 5.91 Å². The Kier molecular flexibility index (Phi) is 5.81. The lowest BCUT2D eigenvalue weighted by molar-refractivity contribution is 0.0622. The van der Waals surface area contributed by atoms with Crippen LogP contribution in [0.2, 0.25) is 0 Å². The Morgan fingerprint density at radius 3 is 2.41 bits per heavy atom. The highest BCUT2D eigenvalue weighted by molar-refractivity contribution is 5.93. The smallest absolute Gasteiger partial charge is 0.272 e. The van der Waals surface area contributed by atoms with E-state index in [2.05, 4.69) is 44.5 Å². The highest BCUT2D eigenvalue weighted by Gasteiger charge is 2.23. The molecule has 0 bridgehead atoms. The van der Waals surface area contributed by atoms with Crippen molar-refractivity contribution in [1.82, 2.24) is 19.8 Å². The van der Waals surface area contributed by atoms with Gasteiger partial charge in [0.2, 0.25) is 0 Å². The van der Waals surface area contributed by atoms with Crippen molar-refractivity contribution < 1.29 is 4.79 Å². The largest absolute Gasteiger partial charge is 0.340 e. The molecule has 29 heavy (non-hydrogen) atoms. The van der Waals surface area contributed by atoms with Gasteiger partial charge in [0, 0.05) is 44.5 Å². The van der Waals surface area contributed by atoms with Gasteiger partial charge < -0.3 is 10.2 Å². The summed E-state index contributed by atoms with van der Waals surface area (Å²) in [6, 6.07) is 20.2. The number of piperazine rings is 1. The molecule has 6 nitrogen and oxygen atoms in total. The Balaban J connectivity index is 1.35. The Bertz CT molecular complexity index is 951. The van der Waals surface area contributed by atoms with Crippen LogP contribution in [0.15, 0.2) is 67.0 Å². The third-order valence-electron chi connectivity index (χ3n) is 5.12. The van der Waals surface area contributed by atoms with E-state index in [1.807, 2.05) is 42.2 Å². The van der Waals surface area contributed by atoms with Crippen LogP contribution in [-0.2, 0) is 6.54 Å². The number of hydrogen-bond acceptors (Lipinski definition) is 5. The first kappa shape index (κ1) is 19.1. The number of amides is 1. The van der Waals surface area contributed by atoms with Gasteiger partial charge in [-0.15, -0.1) is 0 Å². The second-order valence-corrected chi connectivity index (χ2v) is 7.33. The number of aromatic nitrogens is 2. The quantitative estimate of drug-likeness (QED) is 0.726. The third kappa shape index (κ3) is 4.97. The standard InChI is InChI=1S/C23H25N5O/c1-18-7-9-20(10-8-18)26-22-15-21(24-17-25-22)23(29)28-13-11-27(12-14-28)16-19-5-3-2-4-6-19/h2-10,15,17H,11-14,16H2,1H3,(H,24,25,26). The fraction of sp³-hybridized carbons (Fsp3) is 0.261. The predicted octanol–water partition coefficient (Wildman–Crippen LogP) is 3.49. The van der Waals surface area contributed by atoms with Crippen molar-refractivity contribution >= 4 is 17.4 Å². The Morgan fingerprint density at radius 1 is 0.966 bits per heavy atom. The zero-order valence-corrected chi connectivity index (χ0v) is 16.6. The number of hydrogen-bond donors (Lipinski definition) is 1. The van der Waals surface area contributed by atoms with Crippen molar-refractivity contribution in [2.45, 2.75) is 13.5 Å². The number of rotatable bonds is 5. The fourth-order valence-corrected chi connectivity index (χ4v) is 3.44. The SMILES string of the molecule is Cc1ccc(Nc2cc(C(=O)N3CCN(Cc4ccccc4)CC3)ncn2)cc1. The van der Waals surface area contributed by atoms with E-state index in [-0.39, 0.29) is 5.91 Å². The van der Waals surface area contributed by atoms with Gasteiger partial charge in [-0.2, -0.15) is 0 Å². The van der Waals surface area contributed by atoms with Gasteiger partial charge in [-0.05, 0) is 24.6 Å². The van der Waals surface area contributed by atoms with E-state index in [0.717, 1.165) is 25.3 Å². The molecule has 0 spiro atoms. The minimum Gasteiger partial charge on any atom is -0.340 e. The highest BCUT2D eigenvalue weighted by atomic mass is 16.2. The molecule has 3 aromatic rings. The average molecular weight is 387 g/mol. The number of anilines is 2. The van der Waals surface area contributed by atoms with E-state index in [9.17, 15) is 4.79 Å². The maximum Gasteiger partial charge on any atom is 0.272 e. The van der Waals surface area contributed by atoms with Gasteiger partial charge in [0.1, 0.15) is 17.8 Å². The molecule has 4 rings (SSSR count). The lowest BCUT2D eigenvalue weighted by Gasteiger charge is -2.34. The van der Waals surface area contributed by atoms with E-state index in [1.165, 1.54) is 17.5 Å². The Hall–Kier alpha value is -3.25. The maximum absolute atomic E-state index is 12.9. The molecule has 0 aliphatic carbocycles. The second kappa shape index (κ2) is 8.84. The summed E-state index contributed by atoms with van der Waals surface area (Å²) in [5.74, 6) is 0.577.